The molecule has 0 spiro atoms. The van der Waals surface area contributed by atoms with E-state index in [0.29, 0.717) is 36.6 Å². The van der Waals surface area contributed by atoms with Gasteiger partial charge in [-0.1, -0.05) is 6.92 Å². The van der Waals surface area contributed by atoms with Crippen LogP contribution in [-0.2, 0) is 14.8 Å². The Balaban J connectivity index is 2.40. The molecule has 1 unspecified atom stereocenters. The molecule has 0 aromatic carbocycles. The molecule has 1 aromatic rings. The van der Waals surface area contributed by atoms with Crippen molar-refractivity contribution in [2.45, 2.75) is 31.2 Å². The molecule has 1 N–H and O–H groups in total. The van der Waals surface area contributed by atoms with Gasteiger partial charge in [-0.3, -0.25) is 0 Å². The number of halogens is 1. The van der Waals surface area contributed by atoms with Crippen molar-refractivity contribution in [3.8, 4) is 0 Å². The van der Waals surface area contributed by atoms with Gasteiger partial charge in [-0.25, -0.2) is 13.4 Å². The molecule has 0 saturated carbocycles. The van der Waals surface area contributed by atoms with Crippen LogP contribution in [0.1, 0.15) is 20.3 Å². The Morgan fingerprint density at radius 2 is 2.33 bits per heavy atom. The van der Waals surface area contributed by atoms with Crippen LogP contribution in [-0.4, -0.2) is 50.1 Å². The molecule has 1 aromatic heterocycles. The van der Waals surface area contributed by atoms with Gasteiger partial charge in [0.05, 0.1) is 13.2 Å². The van der Waals surface area contributed by atoms with Crippen LogP contribution in [0.4, 0.5) is 5.82 Å². The van der Waals surface area contributed by atoms with Gasteiger partial charge in [0.25, 0.3) is 0 Å². The van der Waals surface area contributed by atoms with E-state index in [-0.39, 0.29) is 10.9 Å². The maximum atomic E-state index is 12.9. The number of hydrogen-bond acceptors (Lipinski definition) is 5. The van der Waals surface area contributed by atoms with Crippen LogP contribution in [0, 0.1) is 0 Å². The summed E-state index contributed by atoms with van der Waals surface area (Å²) in [6.07, 6.45) is 2.49. The molecule has 1 aliphatic heterocycles. The van der Waals surface area contributed by atoms with E-state index in [1.165, 1.54) is 4.31 Å². The predicted molar refractivity (Wildman–Crippen MR) is 84.9 cm³/mol. The second-order valence-corrected chi connectivity index (χ2v) is 7.74. The Bertz CT molecular complexity index is 594. The van der Waals surface area contributed by atoms with Crippen LogP contribution < -0.4 is 5.32 Å². The van der Waals surface area contributed by atoms with Crippen molar-refractivity contribution >= 4 is 31.8 Å². The molecule has 6 nitrogen and oxygen atoms in total. The maximum absolute atomic E-state index is 12.9. The van der Waals surface area contributed by atoms with E-state index in [1.807, 2.05) is 13.8 Å². The van der Waals surface area contributed by atoms with Crippen LogP contribution in [0.15, 0.2) is 21.6 Å². The van der Waals surface area contributed by atoms with Crippen LogP contribution in [0.5, 0.6) is 0 Å². The van der Waals surface area contributed by atoms with Gasteiger partial charge in [-0.05, 0) is 35.3 Å². The van der Waals surface area contributed by atoms with E-state index in [0.717, 1.165) is 6.42 Å². The maximum Gasteiger partial charge on any atom is 0.247 e. The molecule has 2 rings (SSSR count). The number of sulfonamides is 1. The predicted octanol–water partition coefficient (Wildman–Crippen LogP) is 2.08. The molecule has 0 bridgehead atoms. The number of rotatable bonds is 5. The highest BCUT2D eigenvalue weighted by molar-refractivity contribution is 9.10. The van der Waals surface area contributed by atoms with Crippen molar-refractivity contribution in [1.82, 2.24) is 9.29 Å². The molecular formula is C13H20BrN3O3S. The van der Waals surface area contributed by atoms with Gasteiger partial charge in [0, 0.05) is 29.8 Å². The van der Waals surface area contributed by atoms with Crippen molar-refractivity contribution in [2.75, 3.05) is 31.6 Å². The van der Waals surface area contributed by atoms with E-state index in [4.69, 9.17) is 4.74 Å². The lowest BCUT2D eigenvalue weighted by Gasteiger charge is -2.32. The highest BCUT2D eigenvalue weighted by atomic mass is 79.9. The minimum Gasteiger partial charge on any atom is -0.378 e. The number of pyridine rings is 1. The fourth-order valence-electron chi connectivity index (χ4n) is 2.19. The van der Waals surface area contributed by atoms with Gasteiger partial charge in [-0.15, -0.1) is 0 Å². The third-order valence-corrected chi connectivity index (χ3v) is 5.72. The van der Waals surface area contributed by atoms with Crippen LogP contribution in [0.3, 0.4) is 0 Å². The molecule has 1 aliphatic rings. The Kier molecular flexibility index (Phi) is 5.59. The second kappa shape index (κ2) is 7.04. The molecule has 1 saturated heterocycles. The number of nitrogens with one attached hydrogen (secondary N) is 1. The third-order valence-electron chi connectivity index (χ3n) is 3.26. The van der Waals surface area contributed by atoms with Crippen molar-refractivity contribution in [3.63, 3.8) is 0 Å². The lowest BCUT2D eigenvalue weighted by Crippen LogP contribution is -2.47. The lowest BCUT2D eigenvalue weighted by atomic mass is 10.3. The molecule has 0 radical (unpaired) electrons. The minimum absolute atomic E-state index is 0.179. The first-order valence-electron chi connectivity index (χ1n) is 6.95. The topological polar surface area (TPSA) is 71.5 Å². The molecule has 2 heterocycles. The molecular weight excluding hydrogens is 358 g/mol. The molecule has 0 amide bonds. The number of hydrogen-bond donors (Lipinski definition) is 1. The van der Waals surface area contributed by atoms with Crippen LogP contribution in [0.25, 0.3) is 0 Å². The van der Waals surface area contributed by atoms with E-state index >= 15 is 0 Å². The normalized spacial score (nSPS) is 20.4. The number of aromatic nitrogens is 1. The second-order valence-electron chi connectivity index (χ2n) is 4.97. The molecule has 118 valence electrons. The van der Waals surface area contributed by atoms with Gasteiger partial charge in [0.15, 0.2) is 0 Å². The summed E-state index contributed by atoms with van der Waals surface area (Å²) in [5, 5.41) is 3.08. The first-order valence-corrected chi connectivity index (χ1v) is 9.19. The summed E-state index contributed by atoms with van der Waals surface area (Å²) in [6.45, 7) is 5.74. The van der Waals surface area contributed by atoms with Crippen molar-refractivity contribution in [3.05, 3.63) is 16.7 Å². The first kappa shape index (κ1) is 16.7. The van der Waals surface area contributed by atoms with E-state index in [9.17, 15) is 8.42 Å². The number of ether oxygens (including phenoxy) is 1. The standard InChI is InChI=1S/C13H20BrN3O3S/c1-3-4-15-13-12(7-11(14)8-16-13)21(18,19)17-5-6-20-9-10(17)2/h7-8,10H,3-6,9H2,1-2H3,(H,15,16). The van der Waals surface area contributed by atoms with Crippen molar-refractivity contribution in [1.29, 1.82) is 0 Å². The summed E-state index contributed by atoms with van der Waals surface area (Å²) < 4.78 is 33.2. The fraction of sp³-hybridized carbons (Fsp3) is 0.615. The van der Waals surface area contributed by atoms with E-state index in [1.54, 1.807) is 12.3 Å². The number of morpholine rings is 1. The van der Waals surface area contributed by atoms with E-state index in [2.05, 4.69) is 26.2 Å². The summed E-state index contributed by atoms with van der Waals surface area (Å²) in [4.78, 5) is 4.41. The molecule has 21 heavy (non-hydrogen) atoms. The van der Waals surface area contributed by atoms with Crippen molar-refractivity contribution < 1.29 is 13.2 Å². The smallest absolute Gasteiger partial charge is 0.247 e. The minimum atomic E-state index is -3.60. The average Bonchev–Trinajstić information content (AvgIpc) is 2.46. The number of anilines is 1. The summed E-state index contributed by atoms with van der Waals surface area (Å²) in [7, 11) is -3.60. The van der Waals surface area contributed by atoms with E-state index < -0.39 is 10.0 Å². The zero-order chi connectivity index (χ0) is 15.5. The Labute approximate surface area is 134 Å². The summed E-state index contributed by atoms with van der Waals surface area (Å²) >= 11 is 3.30. The van der Waals surface area contributed by atoms with Gasteiger partial charge >= 0.3 is 0 Å². The third kappa shape index (κ3) is 3.74. The molecule has 1 atom stereocenters. The zero-order valence-electron chi connectivity index (χ0n) is 12.2. The monoisotopic (exact) mass is 377 g/mol. The molecule has 1 fully saturated rings. The van der Waals surface area contributed by atoms with Crippen LogP contribution >= 0.6 is 15.9 Å². The lowest BCUT2D eigenvalue weighted by molar-refractivity contribution is 0.0393. The van der Waals surface area contributed by atoms with Gasteiger partial charge < -0.3 is 10.1 Å². The van der Waals surface area contributed by atoms with Gasteiger partial charge in [0.1, 0.15) is 10.7 Å². The zero-order valence-corrected chi connectivity index (χ0v) is 14.6. The van der Waals surface area contributed by atoms with Gasteiger partial charge in [0.2, 0.25) is 10.0 Å². The van der Waals surface area contributed by atoms with Crippen LogP contribution in [0.2, 0.25) is 0 Å². The Morgan fingerprint density at radius 1 is 1.57 bits per heavy atom. The Hall–Kier alpha value is -0.700. The summed E-state index contributed by atoms with van der Waals surface area (Å²) in [5.74, 6) is 0.402. The fourth-order valence-corrected chi connectivity index (χ4v) is 4.42. The van der Waals surface area contributed by atoms with Gasteiger partial charge in [-0.2, -0.15) is 4.31 Å². The van der Waals surface area contributed by atoms with Crippen molar-refractivity contribution in [2.24, 2.45) is 0 Å². The Morgan fingerprint density at radius 3 is 3.00 bits per heavy atom. The molecule has 0 aliphatic carbocycles. The SMILES string of the molecule is CCCNc1ncc(Br)cc1S(=O)(=O)N1CCOCC1C. The first-order chi connectivity index (χ1) is 9.96. The summed E-state index contributed by atoms with van der Waals surface area (Å²) in [6, 6.07) is 1.42. The molecule has 8 heteroatoms. The highest BCUT2D eigenvalue weighted by Crippen LogP contribution is 2.28. The quantitative estimate of drug-likeness (QED) is 0.850. The number of nitrogens with zero attached hydrogens (tertiary/aromatic N) is 2. The summed E-state index contributed by atoms with van der Waals surface area (Å²) in [5.41, 5.74) is 0. The largest absolute Gasteiger partial charge is 0.378 e. The highest BCUT2D eigenvalue weighted by Gasteiger charge is 2.33. The average molecular weight is 378 g/mol.